The topological polar surface area (TPSA) is 59.1 Å². The predicted octanol–water partition coefficient (Wildman–Crippen LogP) is 2.67. The molecule has 1 N–H and O–H groups in total. The van der Waals surface area contributed by atoms with Crippen LogP contribution < -0.4 is 4.72 Å². The zero-order valence-electron chi connectivity index (χ0n) is 10.2. The Kier molecular flexibility index (Phi) is 4.28. The first-order chi connectivity index (χ1) is 8.38. The number of halogens is 1. The van der Waals surface area contributed by atoms with Crippen molar-refractivity contribution in [2.45, 2.75) is 35.1 Å². The fourth-order valence-electron chi connectivity index (χ4n) is 1.92. The average molecular weight is 327 g/mol. The second kappa shape index (κ2) is 5.28. The second-order valence-corrected chi connectivity index (χ2v) is 9.22. The molecule has 1 heterocycles. The van der Waals surface area contributed by atoms with E-state index in [1.54, 1.807) is 18.7 Å². The molecule has 0 aromatic carbocycles. The number of nitrogens with zero attached hydrogens (tertiary/aromatic N) is 1. The van der Waals surface area contributed by atoms with E-state index >= 15 is 0 Å². The monoisotopic (exact) mass is 326 g/mol. The van der Waals surface area contributed by atoms with Crippen molar-refractivity contribution in [2.75, 3.05) is 12.8 Å². The van der Waals surface area contributed by atoms with Crippen LogP contribution in [-0.2, 0) is 10.0 Å². The highest BCUT2D eigenvalue weighted by atomic mass is 35.5. The van der Waals surface area contributed by atoms with Crippen molar-refractivity contribution >= 4 is 44.7 Å². The van der Waals surface area contributed by atoms with Crippen molar-refractivity contribution < 1.29 is 8.42 Å². The van der Waals surface area contributed by atoms with Gasteiger partial charge in [0.1, 0.15) is 0 Å². The minimum Gasteiger partial charge on any atom is -0.229 e. The maximum atomic E-state index is 12.2. The molecule has 0 radical (unpaired) electrons. The molecule has 1 aliphatic carbocycles. The van der Waals surface area contributed by atoms with Gasteiger partial charge in [0.2, 0.25) is 0 Å². The van der Waals surface area contributed by atoms with Crippen molar-refractivity contribution in [3.05, 3.63) is 10.2 Å². The van der Waals surface area contributed by atoms with Crippen molar-refractivity contribution in [1.29, 1.82) is 0 Å². The van der Waals surface area contributed by atoms with Crippen LogP contribution in [-0.4, -0.2) is 30.9 Å². The van der Waals surface area contributed by atoms with Gasteiger partial charge in [-0.1, -0.05) is 29.4 Å². The van der Waals surface area contributed by atoms with Crippen molar-refractivity contribution in [3.8, 4) is 0 Å². The number of aromatic nitrogens is 1. The molecule has 2 rings (SSSR count). The molecule has 0 amide bonds. The molecule has 1 aromatic rings. The molecule has 0 bridgehead atoms. The highest BCUT2D eigenvalue weighted by Crippen LogP contribution is 2.42. The molecule has 1 aliphatic rings. The highest BCUT2D eigenvalue weighted by molar-refractivity contribution is 8.00. The Hall–Kier alpha value is 0.180. The predicted molar refractivity (Wildman–Crippen MR) is 77.1 cm³/mol. The van der Waals surface area contributed by atoms with E-state index in [0.717, 1.165) is 24.2 Å². The third-order valence-corrected chi connectivity index (χ3v) is 7.95. The Labute approximate surface area is 121 Å². The van der Waals surface area contributed by atoms with Gasteiger partial charge < -0.3 is 0 Å². The molecule has 8 heteroatoms. The average Bonchev–Trinajstić information content (AvgIpc) is 2.57. The van der Waals surface area contributed by atoms with Crippen molar-refractivity contribution in [1.82, 2.24) is 9.71 Å². The fraction of sp³-hybridized carbons (Fsp3) is 0.700. The van der Waals surface area contributed by atoms with Gasteiger partial charge >= 0.3 is 0 Å². The lowest BCUT2D eigenvalue weighted by Crippen LogP contribution is -2.45. The van der Waals surface area contributed by atoms with Crippen LogP contribution in [0.15, 0.2) is 4.21 Å². The van der Waals surface area contributed by atoms with Crippen molar-refractivity contribution in [2.24, 2.45) is 0 Å². The van der Waals surface area contributed by atoms with E-state index in [-0.39, 0.29) is 13.4 Å². The van der Waals surface area contributed by atoms with E-state index in [0.29, 0.717) is 12.2 Å². The lowest BCUT2D eigenvalue weighted by molar-refractivity contribution is 0.362. The zero-order chi connectivity index (χ0) is 13.4. The summed E-state index contributed by atoms with van der Waals surface area (Å²) < 4.78 is 27.6. The summed E-state index contributed by atoms with van der Waals surface area (Å²) in [5, 5.41) is 0. The normalized spacial score (nSPS) is 18.6. The molecule has 1 fully saturated rings. The molecule has 18 heavy (non-hydrogen) atoms. The first-order valence-corrected chi connectivity index (χ1v) is 9.46. The molecule has 0 atom stereocenters. The third-order valence-electron chi connectivity index (χ3n) is 3.25. The molecule has 1 aromatic heterocycles. The van der Waals surface area contributed by atoms with Gasteiger partial charge in [-0.25, -0.2) is 18.1 Å². The first kappa shape index (κ1) is 14.6. The minimum atomic E-state index is -3.48. The standard InChI is InChI=1S/C10H15ClN2O2S3/c1-7-8(17-9(11)13-7)18(14,15)12-6-10(16-2)4-3-5-10/h12H,3-6H2,1-2H3. The molecular weight excluding hydrogens is 312 g/mol. The van der Waals surface area contributed by atoms with Crippen LogP contribution in [0.25, 0.3) is 0 Å². The Morgan fingerprint density at radius 1 is 1.56 bits per heavy atom. The number of sulfonamides is 1. The van der Waals surface area contributed by atoms with Crippen LogP contribution in [0, 0.1) is 6.92 Å². The number of thioether (sulfide) groups is 1. The lowest BCUT2D eigenvalue weighted by Gasteiger charge is -2.40. The Morgan fingerprint density at radius 2 is 2.22 bits per heavy atom. The van der Waals surface area contributed by atoms with Gasteiger partial charge in [-0.15, -0.1) is 0 Å². The summed E-state index contributed by atoms with van der Waals surface area (Å²) in [6.45, 7) is 2.14. The van der Waals surface area contributed by atoms with Crippen LogP contribution in [0.5, 0.6) is 0 Å². The SMILES string of the molecule is CSC1(CNS(=O)(=O)c2sc(Cl)nc2C)CCC1. The summed E-state index contributed by atoms with van der Waals surface area (Å²) in [6.07, 6.45) is 5.34. The van der Waals surface area contributed by atoms with E-state index in [1.807, 2.05) is 6.26 Å². The zero-order valence-corrected chi connectivity index (χ0v) is 13.4. The summed E-state index contributed by atoms with van der Waals surface area (Å²) in [5.41, 5.74) is 0.462. The number of thiazole rings is 1. The van der Waals surface area contributed by atoms with Crippen LogP contribution in [0.1, 0.15) is 25.0 Å². The van der Waals surface area contributed by atoms with E-state index in [4.69, 9.17) is 11.6 Å². The van der Waals surface area contributed by atoms with Gasteiger partial charge in [0.15, 0.2) is 8.68 Å². The third kappa shape index (κ3) is 2.85. The Bertz CT molecular complexity index is 532. The molecule has 1 saturated carbocycles. The van der Waals surface area contributed by atoms with Gasteiger partial charge in [-0.2, -0.15) is 11.8 Å². The number of hydrogen-bond acceptors (Lipinski definition) is 5. The quantitative estimate of drug-likeness (QED) is 0.903. The van der Waals surface area contributed by atoms with E-state index < -0.39 is 10.0 Å². The lowest BCUT2D eigenvalue weighted by atomic mass is 9.84. The van der Waals surface area contributed by atoms with E-state index in [9.17, 15) is 8.42 Å². The molecular formula is C10H15ClN2O2S3. The van der Waals surface area contributed by atoms with Gasteiger partial charge in [-0.3, -0.25) is 0 Å². The van der Waals surface area contributed by atoms with Gasteiger partial charge in [0, 0.05) is 11.3 Å². The highest BCUT2D eigenvalue weighted by Gasteiger charge is 2.37. The molecule has 0 aliphatic heterocycles. The van der Waals surface area contributed by atoms with E-state index in [2.05, 4.69) is 9.71 Å². The van der Waals surface area contributed by atoms with Gasteiger partial charge in [0.05, 0.1) is 5.69 Å². The molecule has 102 valence electrons. The second-order valence-electron chi connectivity index (χ2n) is 4.40. The molecule has 4 nitrogen and oxygen atoms in total. The summed E-state index contributed by atoms with van der Waals surface area (Å²) >= 11 is 8.48. The van der Waals surface area contributed by atoms with Crippen LogP contribution in [0.3, 0.4) is 0 Å². The minimum absolute atomic E-state index is 0.0788. The molecule has 0 spiro atoms. The smallest absolute Gasteiger partial charge is 0.229 e. The maximum absolute atomic E-state index is 12.2. The Morgan fingerprint density at radius 3 is 2.61 bits per heavy atom. The van der Waals surface area contributed by atoms with Gasteiger partial charge in [0.25, 0.3) is 10.0 Å². The van der Waals surface area contributed by atoms with Gasteiger partial charge in [-0.05, 0) is 26.0 Å². The van der Waals surface area contributed by atoms with Crippen LogP contribution in [0.2, 0.25) is 4.47 Å². The summed E-state index contributed by atoms with van der Waals surface area (Å²) in [5.74, 6) is 0. The number of aryl methyl sites for hydroxylation is 1. The summed E-state index contributed by atoms with van der Waals surface area (Å²) in [7, 11) is -3.48. The maximum Gasteiger partial charge on any atom is 0.252 e. The van der Waals surface area contributed by atoms with Crippen LogP contribution in [0.4, 0.5) is 0 Å². The number of nitrogens with one attached hydrogen (secondary N) is 1. The molecule has 0 saturated heterocycles. The summed E-state index contributed by atoms with van der Waals surface area (Å²) in [4.78, 5) is 3.94. The number of rotatable bonds is 5. The van der Waals surface area contributed by atoms with Crippen molar-refractivity contribution in [3.63, 3.8) is 0 Å². The fourth-order valence-corrected chi connectivity index (χ4v) is 5.83. The Balaban J connectivity index is 2.10. The van der Waals surface area contributed by atoms with Crippen LogP contribution >= 0.6 is 34.7 Å². The summed E-state index contributed by atoms with van der Waals surface area (Å²) in [6, 6.07) is 0. The van der Waals surface area contributed by atoms with E-state index in [1.165, 1.54) is 6.42 Å². The molecule has 0 unspecified atom stereocenters. The first-order valence-electron chi connectivity index (χ1n) is 5.56. The largest absolute Gasteiger partial charge is 0.252 e. The number of hydrogen-bond donors (Lipinski definition) is 1.